The molecule has 0 aliphatic rings. The number of pyridine rings is 1. The molecule has 1 rings (SSSR count). The molecule has 1 heterocycles. The number of hydrogen-bond acceptors (Lipinski definition) is 3. The van der Waals surface area contributed by atoms with E-state index in [-0.39, 0.29) is 6.04 Å². The third-order valence-electron chi connectivity index (χ3n) is 2.27. The van der Waals surface area contributed by atoms with Crippen molar-refractivity contribution >= 4 is 5.96 Å². The highest BCUT2D eigenvalue weighted by molar-refractivity contribution is 5.79. The lowest BCUT2D eigenvalue weighted by molar-refractivity contribution is 0.409. The highest BCUT2D eigenvalue weighted by Crippen LogP contribution is 2.02. The van der Waals surface area contributed by atoms with Gasteiger partial charge in [0.15, 0.2) is 0 Å². The van der Waals surface area contributed by atoms with Gasteiger partial charge in [-0.3, -0.25) is 10.4 Å². The van der Waals surface area contributed by atoms with Gasteiger partial charge in [0.2, 0.25) is 5.96 Å². The minimum absolute atomic E-state index is 0.207. The first-order valence-electron chi connectivity index (χ1n) is 5.86. The Hall–Kier alpha value is -1.62. The molecule has 5 nitrogen and oxygen atoms in total. The molecule has 0 aliphatic heterocycles. The minimum Gasteiger partial charge on any atom is -0.336 e. The Morgan fingerprint density at radius 3 is 2.76 bits per heavy atom. The van der Waals surface area contributed by atoms with Crippen LogP contribution in [0.4, 0.5) is 0 Å². The van der Waals surface area contributed by atoms with Crippen LogP contribution < -0.4 is 11.3 Å². The van der Waals surface area contributed by atoms with E-state index in [1.165, 1.54) is 0 Å². The number of hydrazine groups is 1. The fourth-order valence-corrected chi connectivity index (χ4v) is 1.48. The predicted octanol–water partition coefficient (Wildman–Crippen LogP) is 1.13. The van der Waals surface area contributed by atoms with E-state index in [0.717, 1.165) is 12.2 Å². The summed E-state index contributed by atoms with van der Waals surface area (Å²) in [6.07, 6.45) is 1.79. The summed E-state index contributed by atoms with van der Waals surface area (Å²) in [7, 11) is 0. The number of aromatic nitrogens is 1. The Bertz CT molecular complexity index is 347. The van der Waals surface area contributed by atoms with Crippen LogP contribution in [0.1, 0.15) is 26.5 Å². The van der Waals surface area contributed by atoms with Crippen molar-refractivity contribution in [2.45, 2.75) is 33.4 Å². The second-order valence-corrected chi connectivity index (χ2v) is 4.03. The van der Waals surface area contributed by atoms with E-state index in [0.29, 0.717) is 12.5 Å². The maximum absolute atomic E-state index is 5.51. The Morgan fingerprint density at radius 2 is 2.29 bits per heavy atom. The molecule has 0 bridgehead atoms. The van der Waals surface area contributed by atoms with Gasteiger partial charge in [0.05, 0.1) is 12.2 Å². The van der Waals surface area contributed by atoms with E-state index < -0.39 is 0 Å². The second-order valence-electron chi connectivity index (χ2n) is 4.03. The van der Waals surface area contributed by atoms with Gasteiger partial charge in [-0.15, -0.1) is 0 Å². The van der Waals surface area contributed by atoms with Gasteiger partial charge < -0.3 is 4.90 Å². The summed E-state index contributed by atoms with van der Waals surface area (Å²) in [5.74, 6) is 6.21. The van der Waals surface area contributed by atoms with Gasteiger partial charge in [-0.2, -0.15) is 0 Å². The third-order valence-corrected chi connectivity index (χ3v) is 2.27. The number of nitrogens with one attached hydrogen (secondary N) is 1. The topological polar surface area (TPSA) is 66.5 Å². The number of aliphatic imine (C=N–C) groups is 1. The van der Waals surface area contributed by atoms with Crippen LogP contribution in [0.5, 0.6) is 0 Å². The zero-order valence-electron chi connectivity index (χ0n) is 10.7. The molecule has 5 heteroatoms. The lowest BCUT2D eigenvalue weighted by Crippen LogP contribution is -2.45. The molecule has 0 amide bonds. The zero-order chi connectivity index (χ0) is 12.7. The van der Waals surface area contributed by atoms with E-state index in [2.05, 4.69) is 27.2 Å². The van der Waals surface area contributed by atoms with Crippen molar-refractivity contribution in [1.82, 2.24) is 15.3 Å². The van der Waals surface area contributed by atoms with Gasteiger partial charge in [0.25, 0.3) is 0 Å². The molecule has 0 atom stereocenters. The summed E-state index contributed by atoms with van der Waals surface area (Å²) in [5.41, 5.74) is 3.65. The number of rotatable bonds is 4. The van der Waals surface area contributed by atoms with Crippen LogP contribution in [0.25, 0.3) is 0 Å². The van der Waals surface area contributed by atoms with Gasteiger partial charge in [-0.25, -0.2) is 10.8 Å². The van der Waals surface area contributed by atoms with Gasteiger partial charge in [-0.1, -0.05) is 6.07 Å². The van der Waals surface area contributed by atoms with Crippen molar-refractivity contribution < 1.29 is 0 Å². The summed E-state index contributed by atoms with van der Waals surface area (Å²) >= 11 is 0. The van der Waals surface area contributed by atoms with E-state index >= 15 is 0 Å². The number of guanidine groups is 1. The Morgan fingerprint density at radius 1 is 1.53 bits per heavy atom. The highest BCUT2D eigenvalue weighted by Gasteiger charge is 2.09. The van der Waals surface area contributed by atoms with Crippen LogP contribution in [0.3, 0.4) is 0 Å². The van der Waals surface area contributed by atoms with Gasteiger partial charge in [0.1, 0.15) is 0 Å². The van der Waals surface area contributed by atoms with Crippen molar-refractivity contribution in [3.63, 3.8) is 0 Å². The molecule has 1 aromatic rings. The zero-order valence-corrected chi connectivity index (χ0v) is 10.7. The monoisotopic (exact) mass is 235 g/mol. The first kappa shape index (κ1) is 13.4. The Balaban J connectivity index is 2.77. The highest BCUT2D eigenvalue weighted by atomic mass is 15.4. The Labute approximate surface area is 103 Å². The fourth-order valence-electron chi connectivity index (χ4n) is 1.48. The lowest BCUT2D eigenvalue weighted by Gasteiger charge is -2.24. The molecule has 17 heavy (non-hydrogen) atoms. The molecule has 3 N–H and O–H groups in total. The molecular weight excluding hydrogens is 214 g/mol. The van der Waals surface area contributed by atoms with Crippen molar-refractivity contribution in [2.24, 2.45) is 10.8 Å². The average molecular weight is 235 g/mol. The maximum Gasteiger partial charge on any atom is 0.208 e. The van der Waals surface area contributed by atoms with Crippen LogP contribution in [0, 0.1) is 0 Å². The van der Waals surface area contributed by atoms with E-state index in [9.17, 15) is 0 Å². The SMILES string of the molecule is CCN(Cc1ccccn1)C(=NC(C)C)NN. The van der Waals surface area contributed by atoms with Crippen molar-refractivity contribution in [3.05, 3.63) is 30.1 Å². The standard InChI is InChI=1S/C12H21N5/c1-4-17(12(16-13)15-10(2)3)9-11-7-5-6-8-14-11/h5-8,10H,4,9,13H2,1-3H3,(H,15,16). The molecular formula is C12H21N5. The summed E-state index contributed by atoms with van der Waals surface area (Å²) in [4.78, 5) is 10.8. The minimum atomic E-state index is 0.207. The first-order chi connectivity index (χ1) is 8.17. The molecule has 0 saturated heterocycles. The van der Waals surface area contributed by atoms with E-state index in [1.807, 2.05) is 32.0 Å². The van der Waals surface area contributed by atoms with Crippen LogP contribution in [-0.4, -0.2) is 28.4 Å². The normalized spacial score (nSPS) is 11.7. The third kappa shape index (κ3) is 4.40. The van der Waals surface area contributed by atoms with Crippen LogP contribution in [0.2, 0.25) is 0 Å². The Kier molecular flexibility index (Phi) is 5.42. The predicted molar refractivity (Wildman–Crippen MR) is 70.2 cm³/mol. The van der Waals surface area contributed by atoms with Crippen LogP contribution >= 0.6 is 0 Å². The van der Waals surface area contributed by atoms with Crippen molar-refractivity contribution in [3.8, 4) is 0 Å². The summed E-state index contributed by atoms with van der Waals surface area (Å²) in [6, 6.07) is 6.08. The molecule has 1 aromatic heterocycles. The molecule has 0 fully saturated rings. The molecule has 0 aliphatic carbocycles. The van der Waals surface area contributed by atoms with Crippen LogP contribution in [0.15, 0.2) is 29.4 Å². The van der Waals surface area contributed by atoms with Crippen molar-refractivity contribution in [1.29, 1.82) is 0 Å². The largest absolute Gasteiger partial charge is 0.336 e. The molecule has 0 unspecified atom stereocenters. The molecule has 0 spiro atoms. The smallest absolute Gasteiger partial charge is 0.208 e. The average Bonchev–Trinajstić information content (AvgIpc) is 2.34. The van der Waals surface area contributed by atoms with E-state index in [4.69, 9.17) is 5.84 Å². The van der Waals surface area contributed by atoms with Crippen molar-refractivity contribution in [2.75, 3.05) is 6.54 Å². The van der Waals surface area contributed by atoms with Gasteiger partial charge in [-0.05, 0) is 32.9 Å². The first-order valence-corrected chi connectivity index (χ1v) is 5.86. The van der Waals surface area contributed by atoms with Gasteiger partial charge >= 0.3 is 0 Å². The quantitative estimate of drug-likeness (QED) is 0.355. The number of nitrogens with two attached hydrogens (primary N) is 1. The van der Waals surface area contributed by atoms with Crippen LogP contribution in [-0.2, 0) is 6.54 Å². The molecule has 0 saturated carbocycles. The number of nitrogens with zero attached hydrogens (tertiary/aromatic N) is 3. The summed E-state index contributed by atoms with van der Waals surface area (Å²) in [5, 5.41) is 0. The lowest BCUT2D eigenvalue weighted by atomic mass is 10.3. The summed E-state index contributed by atoms with van der Waals surface area (Å²) < 4.78 is 0. The fraction of sp³-hybridized carbons (Fsp3) is 0.500. The van der Waals surface area contributed by atoms with E-state index in [1.54, 1.807) is 6.20 Å². The summed E-state index contributed by atoms with van der Waals surface area (Å²) in [6.45, 7) is 7.63. The number of hydrogen-bond donors (Lipinski definition) is 2. The molecule has 0 aromatic carbocycles. The second kappa shape index (κ2) is 6.85. The van der Waals surface area contributed by atoms with Gasteiger partial charge in [0, 0.05) is 18.8 Å². The maximum atomic E-state index is 5.51. The molecule has 0 radical (unpaired) electrons. The molecule has 94 valence electrons.